The van der Waals surface area contributed by atoms with Gasteiger partial charge in [0, 0.05) is 11.6 Å². The number of rotatable bonds is 3. The van der Waals surface area contributed by atoms with Gasteiger partial charge in [0.1, 0.15) is 19.5 Å². The molecule has 1 aromatic carbocycles. The van der Waals surface area contributed by atoms with Crippen molar-refractivity contribution in [2.75, 3.05) is 13.2 Å². The highest BCUT2D eigenvalue weighted by Crippen LogP contribution is 2.10. The molecule has 0 unspecified atom stereocenters. The van der Waals surface area contributed by atoms with Crippen molar-refractivity contribution in [2.45, 2.75) is 6.54 Å². The monoisotopic (exact) mass is 253 g/mol. The van der Waals surface area contributed by atoms with Gasteiger partial charge < -0.3 is 14.8 Å². The Morgan fingerprint density at radius 1 is 1.29 bits per heavy atom. The van der Waals surface area contributed by atoms with Gasteiger partial charge in [0.05, 0.1) is 0 Å². The van der Waals surface area contributed by atoms with E-state index in [0.29, 0.717) is 24.8 Å². The number of benzene rings is 1. The van der Waals surface area contributed by atoms with Gasteiger partial charge >= 0.3 is 0 Å². The second-order valence-corrected chi connectivity index (χ2v) is 3.95. The fourth-order valence-corrected chi connectivity index (χ4v) is 1.49. The minimum absolute atomic E-state index is 0.213. The van der Waals surface area contributed by atoms with Crippen LogP contribution in [0.5, 0.6) is 0 Å². The van der Waals surface area contributed by atoms with Gasteiger partial charge in [-0.3, -0.25) is 4.79 Å². The average molecular weight is 254 g/mol. The van der Waals surface area contributed by atoms with Crippen molar-refractivity contribution in [3.63, 3.8) is 0 Å². The molecule has 1 amide bonds. The molecule has 1 aliphatic heterocycles. The van der Waals surface area contributed by atoms with Gasteiger partial charge in [-0.05, 0) is 17.7 Å². The molecule has 5 heteroatoms. The van der Waals surface area contributed by atoms with Crippen LogP contribution < -0.4 is 5.32 Å². The van der Waals surface area contributed by atoms with Gasteiger partial charge in [-0.1, -0.05) is 23.7 Å². The molecule has 0 radical (unpaired) electrons. The van der Waals surface area contributed by atoms with E-state index < -0.39 is 0 Å². The van der Waals surface area contributed by atoms with E-state index in [9.17, 15) is 4.79 Å². The molecule has 0 bridgehead atoms. The summed E-state index contributed by atoms with van der Waals surface area (Å²) < 4.78 is 10.2. The number of amides is 1. The van der Waals surface area contributed by atoms with Crippen LogP contribution in [0.15, 0.2) is 36.3 Å². The first kappa shape index (κ1) is 11.8. The van der Waals surface area contributed by atoms with E-state index in [4.69, 9.17) is 21.1 Å². The van der Waals surface area contributed by atoms with Gasteiger partial charge in [0.15, 0.2) is 0 Å². The Bertz CT molecular complexity index is 428. The van der Waals surface area contributed by atoms with Crippen LogP contribution in [-0.2, 0) is 20.8 Å². The summed E-state index contributed by atoms with van der Waals surface area (Å²) in [6, 6.07) is 7.27. The first-order valence-electron chi connectivity index (χ1n) is 5.23. The van der Waals surface area contributed by atoms with Crippen LogP contribution in [0.2, 0.25) is 5.02 Å². The summed E-state index contributed by atoms with van der Waals surface area (Å²) in [6.45, 7) is 1.31. The maximum atomic E-state index is 11.6. The van der Waals surface area contributed by atoms with Crippen LogP contribution in [0.25, 0.3) is 0 Å². The molecular formula is C12H12ClNO3. The van der Waals surface area contributed by atoms with Crippen molar-refractivity contribution in [1.29, 1.82) is 0 Å². The van der Waals surface area contributed by atoms with Gasteiger partial charge in [-0.15, -0.1) is 0 Å². The van der Waals surface area contributed by atoms with Crippen molar-refractivity contribution in [1.82, 2.24) is 5.32 Å². The van der Waals surface area contributed by atoms with Crippen LogP contribution in [-0.4, -0.2) is 19.1 Å². The largest absolute Gasteiger partial charge is 0.494 e. The highest BCUT2D eigenvalue weighted by Gasteiger charge is 2.14. The molecular weight excluding hydrogens is 242 g/mol. The topological polar surface area (TPSA) is 47.6 Å². The first-order chi connectivity index (χ1) is 8.25. The summed E-state index contributed by atoms with van der Waals surface area (Å²) in [5.41, 5.74) is 0.972. The lowest BCUT2D eigenvalue weighted by Crippen LogP contribution is -2.27. The van der Waals surface area contributed by atoms with Crippen molar-refractivity contribution >= 4 is 17.5 Å². The molecule has 0 fully saturated rings. The SMILES string of the molecule is O=C(NCc1ccc(Cl)cc1)C1=COCCO1. The smallest absolute Gasteiger partial charge is 0.289 e. The quantitative estimate of drug-likeness (QED) is 0.894. The molecule has 17 heavy (non-hydrogen) atoms. The van der Waals surface area contributed by atoms with E-state index in [1.807, 2.05) is 12.1 Å². The number of ether oxygens (including phenoxy) is 2. The molecule has 1 aromatic rings. The molecule has 1 N–H and O–H groups in total. The molecule has 0 saturated carbocycles. The number of hydrogen-bond donors (Lipinski definition) is 1. The zero-order valence-electron chi connectivity index (χ0n) is 9.11. The zero-order valence-corrected chi connectivity index (χ0v) is 9.87. The van der Waals surface area contributed by atoms with Crippen molar-refractivity contribution in [2.24, 2.45) is 0 Å². The van der Waals surface area contributed by atoms with Crippen molar-refractivity contribution in [3.8, 4) is 0 Å². The minimum atomic E-state index is -0.278. The number of carbonyl (C=O) groups is 1. The highest BCUT2D eigenvalue weighted by molar-refractivity contribution is 6.30. The first-order valence-corrected chi connectivity index (χ1v) is 5.61. The summed E-state index contributed by atoms with van der Waals surface area (Å²) in [6.07, 6.45) is 1.33. The number of hydrogen-bond acceptors (Lipinski definition) is 3. The third-order valence-corrected chi connectivity index (χ3v) is 2.49. The Morgan fingerprint density at radius 2 is 2.06 bits per heavy atom. The van der Waals surface area contributed by atoms with E-state index in [2.05, 4.69) is 5.32 Å². The minimum Gasteiger partial charge on any atom is -0.494 e. The fourth-order valence-electron chi connectivity index (χ4n) is 1.36. The predicted octanol–water partition coefficient (Wildman–Crippen LogP) is 1.84. The van der Waals surface area contributed by atoms with Crippen molar-refractivity contribution in [3.05, 3.63) is 46.9 Å². The summed E-state index contributed by atoms with van der Waals surface area (Å²) in [5.74, 6) is -0.0649. The number of nitrogens with one attached hydrogen (secondary N) is 1. The third kappa shape index (κ3) is 3.39. The third-order valence-electron chi connectivity index (χ3n) is 2.24. The number of halogens is 1. The zero-order chi connectivity index (χ0) is 12.1. The molecule has 0 saturated heterocycles. The molecule has 1 heterocycles. The summed E-state index contributed by atoms with van der Waals surface area (Å²) in [5, 5.41) is 3.41. The molecule has 0 spiro atoms. The molecule has 0 aromatic heterocycles. The Morgan fingerprint density at radius 3 is 2.71 bits per heavy atom. The summed E-state index contributed by atoms with van der Waals surface area (Å²) in [4.78, 5) is 11.6. The molecule has 1 aliphatic rings. The van der Waals surface area contributed by atoms with Crippen LogP contribution in [0.1, 0.15) is 5.56 Å². The Labute approximate surface area is 104 Å². The average Bonchev–Trinajstić information content (AvgIpc) is 2.39. The maximum Gasteiger partial charge on any atom is 0.289 e. The van der Waals surface area contributed by atoms with Crippen molar-refractivity contribution < 1.29 is 14.3 Å². The molecule has 90 valence electrons. The number of carbonyl (C=O) groups excluding carboxylic acids is 1. The van der Waals surface area contributed by atoms with Gasteiger partial charge in [-0.2, -0.15) is 0 Å². The molecule has 0 atom stereocenters. The Kier molecular flexibility index (Phi) is 3.88. The highest BCUT2D eigenvalue weighted by atomic mass is 35.5. The lowest BCUT2D eigenvalue weighted by atomic mass is 10.2. The van der Waals surface area contributed by atoms with Gasteiger partial charge in [0.25, 0.3) is 5.91 Å². The Balaban J connectivity index is 1.87. The fraction of sp³-hybridized carbons (Fsp3) is 0.250. The summed E-state index contributed by atoms with van der Waals surface area (Å²) in [7, 11) is 0. The molecule has 2 rings (SSSR count). The molecule has 0 aliphatic carbocycles. The lowest BCUT2D eigenvalue weighted by molar-refractivity contribution is -0.122. The molecule has 4 nitrogen and oxygen atoms in total. The normalized spacial score (nSPS) is 14.3. The van der Waals surface area contributed by atoms with Crippen LogP contribution in [0.3, 0.4) is 0 Å². The summed E-state index contributed by atoms with van der Waals surface area (Å²) >= 11 is 5.76. The Hall–Kier alpha value is -1.68. The van der Waals surface area contributed by atoms with Gasteiger partial charge in [0.2, 0.25) is 5.76 Å². The second kappa shape index (κ2) is 5.59. The van der Waals surface area contributed by atoms with Crippen LogP contribution in [0.4, 0.5) is 0 Å². The second-order valence-electron chi connectivity index (χ2n) is 3.51. The maximum absolute atomic E-state index is 11.6. The van der Waals surface area contributed by atoms with E-state index >= 15 is 0 Å². The standard InChI is InChI=1S/C12H12ClNO3/c13-10-3-1-9(2-4-10)7-14-12(15)11-8-16-5-6-17-11/h1-4,8H,5-7H2,(H,14,15). The van der Waals surface area contributed by atoms with E-state index in [-0.39, 0.29) is 11.7 Å². The van der Waals surface area contributed by atoms with Crippen LogP contribution in [0, 0.1) is 0 Å². The van der Waals surface area contributed by atoms with E-state index in [1.165, 1.54) is 6.26 Å². The van der Waals surface area contributed by atoms with E-state index in [1.54, 1.807) is 12.1 Å². The lowest BCUT2D eigenvalue weighted by Gasteiger charge is -2.15. The predicted molar refractivity (Wildman–Crippen MR) is 63.3 cm³/mol. The van der Waals surface area contributed by atoms with Crippen LogP contribution >= 0.6 is 11.6 Å². The van der Waals surface area contributed by atoms with Gasteiger partial charge in [-0.25, -0.2) is 0 Å². The van der Waals surface area contributed by atoms with E-state index in [0.717, 1.165) is 5.56 Å².